The van der Waals surface area contributed by atoms with Crippen LogP contribution in [0.5, 0.6) is 0 Å². The molecule has 0 aliphatic carbocycles. The van der Waals surface area contributed by atoms with Crippen LogP contribution in [0.3, 0.4) is 0 Å². The lowest BCUT2D eigenvalue weighted by Crippen LogP contribution is -2.38. The van der Waals surface area contributed by atoms with Crippen molar-refractivity contribution in [1.29, 1.82) is 0 Å². The number of nitrogens with zero attached hydrogens (tertiary/aromatic N) is 1. The molecule has 2 unspecified atom stereocenters. The van der Waals surface area contributed by atoms with Gasteiger partial charge in [0.25, 0.3) is 0 Å². The monoisotopic (exact) mass is 323 g/mol. The zero-order chi connectivity index (χ0) is 13.7. The van der Waals surface area contributed by atoms with Gasteiger partial charge in [0.1, 0.15) is 0 Å². The molecule has 1 aromatic rings. The second-order valence-corrected chi connectivity index (χ2v) is 6.08. The fraction of sp³-hybridized carbons (Fsp3) is 0.562. The van der Waals surface area contributed by atoms with Gasteiger partial charge in [-0.3, -0.25) is 4.79 Å². The number of alkyl halides is 1. The summed E-state index contributed by atoms with van der Waals surface area (Å²) in [7, 11) is 0. The maximum Gasteiger partial charge on any atom is 0.230 e. The first kappa shape index (κ1) is 14.6. The molecule has 1 aliphatic heterocycles. The van der Waals surface area contributed by atoms with Gasteiger partial charge < -0.3 is 4.90 Å². The van der Waals surface area contributed by atoms with Crippen LogP contribution in [0.4, 0.5) is 0 Å². The number of amides is 1. The molecule has 0 bridgehead atoms. The van der Waals surface area contributed by atoms with Crippen molar-refractivity contribution in [3.63, 3.8) is 0 Å². The fourth-order valence-electron chi connectivity index (χ4n) is 2.87. The molecule has 3 heteroatoms. The van der Waals surface area contributed by atoms with Crippen LogP contribution in [0, 0.1) is 0 Å². The standard InChI is InChI=1S/C16H22BrNO/c1-13(14-7-3-2-4-8-14)16(19)18-12-6-10-15(18)9-5-11-17/h2-4,7-8,13,15H,5-6,9-12H2,1H3. The molecule has 0 aromatic heterocycles. The summed E-state index contributed by atoms with van der Waals surface area (Å²) in [6.45, 7) is 2.96. The maximum absolute atomic E-state index is 12.6. The van der Waals surface area contributed by atoms with Crippen molar-refractivity contribution in [2.75, 3.05) is 11.9 Å². The van der Waals surface area contributed by atoms with E-state index in [1.165, 1.54) is 6.42 Å². The Balaban J connectivity index is 2.02. The zero-order valence-electron chi connectivity index (χ0n) is 11.5. The van der Waals surface area contributed by atoms with E-state index < -0.39 is 0 Å². The molecule has 2 rings (SSSR count). The van der Waals surface area contributed by atoms with Gasteiger partial charge in [-0.25, -0.2) is 0 Å². The number of likely N-dealkylation sites (tertiary alicyclic amines) is 1. The van der Waals surface area contributed by atoms with Gasteiger partial charge in [-0.2, -0.15) is 0 Å². The SMILES string of the molecule is CC(C(=O)N1CCCC1CCCBr)c1ccccc1. The van der Waals surface area contributed by atoms with E-state index in [4.69, 9.17) is 0 Å². The first-order valence-corrected chi connectivity index (χ1v) is 8.27. The second kappa shape index (κ2) is 7.09. The minimum absolute atomic E-state index is 0.0224. The summed E-state index contributed by atoms with van der Waals surface area (Å²) >= 11 is 3.48. The minimum atomic E-state index is -0.0224. The van der Waals surface area contributed by atoms with Gasteiger partial charge in [0.2, 0.25) is 5.91 Å². The van der Waals surface area contributed by atoms with E-state index in [1.54, 1.807) is 0 Å². The topological polar surface area (TPSA) is 20.3 Å². The van der Waals surface area contributed by atoms with Crippen LogP contribution in [0.15, 0.2) is 30.3 Å². The molecule has 1 fully saturated rings. The summed E-state index contributed by atoms with van der Waals surface area (Å²) in [5.74, 6) is 0.272. The lowest BCUT2D eigenvalue weighted by Gasteiger charge is -2.27. The molecule has 0 spiro atoms. The normalized spacial score (nSPS) is 20.5. The highest BCUT2D eigenvalue weighted by atomic mass is 79.9. The Morgan fingerprint density at radius 3 is 2.84 bits per heavy atom. The maximum atomic E-state index is 12.6. The van der Waals surface area contributed by atoms with E-state index in [2.05, 4.69) is 20.8 Å². The van der Waals surface area contributed by atoms with E-state index in [0.717, 1.165) is 36.7 Å². The number of benzene rings is 1. The lowest BCUT2D eigenvalue weighted by atomic mass is 9.99. The van der Waals surface area contributed by atoms with Crippen LogP contribution in [-0.2, 0) is 4.79 Å². The van der Waals surface area contributed by atoms with Gasteiger partial charge in [-0.05, 0) is 38.2 Å². The third-order valence-electron chi connectivity index (χ3n) is 4.00. The van der Waals surface area contributed by atoms with E-state index >= 15 is 0 Å². The summed E-state index contributed by atoms with van der Waals surface area (Å²) in [6.07, 6.45) is 4.59. The van der Waals surface area contributed by atoms with Gasteiger partial charge in [-0.1, -0.05) is 46.3 Å². The van der Waals surface area contributed by atoms with Gasteiger partial charge in [0, 0.05) is 17.9 Å². The van der Waals surface area contributed by atoms with E-state index in [-0.39, 0.29) is 5.92 Å². The zero-order valence-corrected chi connectivity index (χ0v) is 13.1. The van der Waals surface area contributed by atoms with Crippen molar-refractivity contribution >= 4 is 21.8 Å². The predicted molar refractivity (Wildman–Crippen MR) is 82.6 cm³/mol. The highest BCUT2D eigenvalue weighted by Crippen LogP contribution is 2.26. The molecule has 2 nitrogen and oxygen atoms in total. The Labute approximate surface area is 124 Å². The first-order chi connectivity index (χ1) is 9.24. The molecule has 1 aliphatic rings. The van der Waals surface area contributed by atoms with Gasteiger partial charge in [0.15, 0.2) is 0 Å². The smallest absolute Gasteiger partial charge is 0.230 e. The Bertz CT molecular complexity index is 406. The molecule has 0 radical (unpaired) electrons. The number of halogens is 1. The number of hydrogen-bond donors (Lipinski definition) is 0. The highest BCUT2D eigenvalue weighted by Gasteiger charge is 2.31. The van der Waals surface area contributed by atoms with Crippen LogP contribution in [-0.4, -0.2) is 28.7 Å². The molecule has 19 heavy (non-hydrogen) atoms. The Kier molecular flexibility index (Phi) is 5.44. The average Bonchev–Trinajstić information content (AvgIpc) is 2.92. The van der Waals surface area contributed by atoms with E-state index in [1.807, 2.05) is 37.3 Å². The minimum Gasteiger partial charge on any atom is -0.339 e. The summed E-state index contributed by atoms with van der Waals surface area (Å²) in [5.41, 5.74) is 1.12. The van der Waals surface area contributed by atoms with Crippen molar-refractivity contribution in [3.05, 3.63) is 35.9 Å². The molecule has 104 valence electrons. The average molecular weight is 324 g/mol. The number of rotatable bonds is 5. The number of carbonyl (C=O) groups is 1. The molecule has 1 aromatic carbocycles. The third kappa shape index (κ3) is 3.59. The summed E-state index contributed by atoms with van der Waals surface area (Å²) in [6, 6.07) is 10.6. The molecule has 0 N–H and O–H groups in total. The molecule has 2 atom stereocenters. The summed E-state index contributed by atoms with van der Waals surface area (Å²) in [5, 5.41) is 1.03. The van der Waals surface area contributed by atoms with Crippen LogP contribution in [0.1, 0.15) is 44.1 Å². The van der Waals surface area contributed by atoms with Crippen LogP contribution >= 0.6 is 15.9 Å². The Hall–Kier alpha value is -0.830. The largest absolute Gasteiger partial charge is 0.339 e. The van der Waals surface area contributed by atoms with Gasteiger partial charge in [-0.15, -0.1) is 0 Å². The van der Waals surface area contributed by atoms with Crippen LogP contribution in [0.25, 0.3) is 0 Å². The van der Waals surface area contributed by atoms with Crippen LogP contribution in [0.2, 0.25) is 0 Å². The van der Waals surface area contributed by atoms with Gasteiger partial charge >= 0.3 is 0 Å². The van der Waals surface area contributed by atoms with Crippen molar-refractivity contribution in [2.24, 2.45) is 0 Å². The van der Waals surface area contributed by atoms with Gasteiger partial charge in [0.05, 0.1) is 5.92 Å². The number of carbonyl (C=O) groups excluding carboxylic acids is 1. The Morgan fingerprint density at radius 2 is 2.16 bits per heavy atom. The third-order valence-corrected chi connectivity index (χ3v) is 4.56. The summed E-state index contributed by atoms with van der Waals surface area (Å²) < 4.78 is 0. The highest BCUT2D eigenvalue weighted by molar-refractivity contribution is 9.09. The molecule has 1 heterocycles. The molecular weight excluding hydrogens is 302 g/mol. The van der Waals surface area contributed by atoms with Crippen molar-refractivity contribution < 1.29 is 4.79 Å². The summed E-state index contributed by atoms with van der Waals surface area (Å²) in [4.78, 5) is 14.7. The molecular formula is C16H22BrNO. The van der Waals surface area contributed by atoms with E-state index in [0.29, 0.717) is 11.9 Å². The van der Waals surface area contributed by atoms with Crippen molar-refractivity contribution in [1.82, 2.24) is 4.90 Å². The van der Waals surface area contributed by atoms with Crippen LogP contribution < -0.4 is 0 Å². The van der Waals surface area contributed by atoms with Crippen molar-refractivity contribution in [3.8, 4) is 0 Å². The van der Waals surface area contributed by atoms with E-state index in [9.17, 15) is 4.79 Å². The molecule has 0 saturated carbocycles. The predicted octanol–water partition coefficient (Wildman–Crippen LogP) is 3.96. The lowest BCUT2D eigenvalue weighted by molar-refractivity contribution is -0.133. The number of hydrogen-bond acceptors (Lipinski definition) is 1. The second-order valence-electron chi connectivity index (χ2n) is 5.29. The first-order valence-electron chi connectivity index (χ1n) is 7.15. The quantitative estimate of drug-likeness (QED) is 0.751. The van der Waals surface area contributed by atoms with Crippen molar-refractivity contribution in [2.45, 2.75) is 44.6 Å². The molecule has 1 saturated heterocycles. The fourth-order valence-corrected chi connectivity index (χ4v) is 3.20. The Morgan fingerprint density at radius 1 is 1.42 bits per heavy atom. The molecule has 1 amide bonds.